The van der Waals surface area contributed by atoms with Crippen LogP contribution in [0.5, 0.6) is 11.5 Å². The maximum absolute atomic E-state index is 13.7. The predicted molar refractivity (Wildman–Crippen MR) is 229 cm³/mol. The minimum atomic E-state index is -4.15. The van der Waals surface area contributed by atoms with E-state index < -0.39 is 22.3 Å². The van der Waals surface area contributed by atoms with Gasteiger partial charge in [0.05, 0.1) is 44.3 Å². The lowest BCUT2D eigenvalue weighted by Gasteiger charge is -2.33. The van der Waals surface area contributed by atoms with E-state index in [-0.39, 0.29) is 31.3 Å². The van der Waals surface area contributed by atoms with Gasteiger partial charge < -0.3 is 23.1 Å². The Morgan fingerprint density at radius 3 is 2.32 bits per heavy atom. The minimum Gasteiger partial charge on any atom is -0.489 e. The lowest BCUT2D eigenvalue weighted by Crippen LogP contribution is -2.39. The normalized spacial score (nSPS) is 14.6. The molecule has 0 N–H and O–H groups in total. The lowest BCUT2D eigenvalue weighted by atomic mass is 9.83. The van der Waals surface area contributed by atoms with Crippen LogP contribution in [0, 0.1) is 13.8 Å². The van der Waals surface area contributed by atoms with Crippen LogP contribution in [0.15, 0.2) is 109 Å². The Hall–Kier alpha value is -5.60. The standard InChI is InChI=1S/C47H52N4O8S/c1-5-57-46(52)29-43(41-20-21-44-47(34(41)3)48-49-50(44)23-26-55-24-12-25-56-31-36-13-8-6-9-14-36)38-18-17-33(2)42(28-38)35(4)51-30-39-27-40(19-22-45(39)59-60(51,53)54)58-32-37-15-10-7-11-16-37/h6-11,13-22,27-28,35,43H,5,12,23-26,29-32H2,1-4H3/t35-,43?/m1/s1. The molecule has 7 rings (SSSR count). The molecule has 2 heterocycles. The van der Waals surface area contributed by atoms with Gasteiger partial charge >= 0.3 is 16.3 Å². The molecule has 1 aromatic heterocycles. The fraction of sp³-hybridized carbons (Fsp3) is 0.340. The zero-order chi connectivity index (χ0) is 42.1. The first-order chi connectivity index (χ1) is 29.1. The molecular formula is C47H52N4O8S. The zero-order valence-electron chi connectivity index (χ0n) is 34.6. The van der Waals surface area contributed by atoms with Crippen molar-refractivity contribution in [2.45, 2.75) is 78.8 Å². The Balaban J connectivity index is 1.06. The van der Waals surface area contributed by atoms with Gasteiger partial charge in [-0.15, -0.1) is 5.10 Å². The van der Waals surface area contributed by atoms with E-state index in [9.17, 15) is 13.2 Å². The second-order valence-electron chi connectivity index (χ2n) is 14.9. The van der Waals surface area contributed by atoms with Gasteiger partial charge in [-0.3, -0.25) is 4.79 Å². The summed E-state index contributed by atoms with van der Waals surface area (Å²) in [7, 11) is -4.15. The zero-order valence-corrected chi connectivity index (χ0v) is 35.4. The highest BCUT2D eigenvalue weighted by molar-refractivity contribution is 7.84. The van der Waals surface area contributed by atoms with E-state index in [2.05, 4.69) is 10.3 Å². The largest absolute Gasteiger partial charge is 0.489 e. The molecule has 0 saturated carbocycles. The van der Waals surface area contributed by atoms with Gasteiger partial charge in [0.25, 0.3) is 0 Å². The number of carbonyl (C=O) groups excluding carboxylic acids is 1. The van der Waals surface area contributed by atoms with Crippen molar-refractivity contribution in [2.24, 2.45) is 0 Å². The lowest BCUT2D eigenvalue weighted by molar-refractivity contribution is -0.143. The summed E-state index contributed by atoms with van der Waals surface area (Å²) in [5.74, 6) is 0.153. The molecule has 5 aromatic carbocycles. The molecule has 12 nitrogen and oxygen atoms in total. The molecule has 1 aliphatic rings. The summed E-state index contributed by atoms with van der Waals surface area (Å²) >= 11 is 0. The molecule has 314 valence electrons. The second-order valence-corrected chi connectivity index (χ2v) is 16.4. The molecule has 0 saturated heterocycles. The number of rotatable bonds is 19. The fourth-order valence-electron chi connectivity index (χ4n) is 7.61. The number of hydrogen-bond acceptors (Lipinski definition) is 10. The van der Waals surface area contributed by atoms with Crippen molar-refractivity contribution in [3.8, 4) is 11.5 Å². The van der Waals surface area contributed by atoms with Gasteiger partial charge in [0, 0.05) is 31.2 Å². The van der Waals surface area contributed by atoms with Crippen molar-refractivity contribution >= 4 is 27.3 Å². The second kappa shape index (κ2) is 19.6. The summed E-state index contributed by atoms with van der Waals surface area (Å²) in [6.45, 7) is 11.1. The number of nitrogens with zero attached hydrogens (tertiary/aromatic N) is 4. The molecule has 0 spiro atoms. The number of ether oxygens (including phenoxy) is 4. The quantitative estimate of drug-likeness (QED) is 0.0578. The molecule has 2 atom stereocenters. The predicted octanol–water partition coefficient (Wildman–Crippen LogP) is 8.54. The van der Waals surface area contributed by atoms with Crippen LogP contribution in [0.4, 0.5) is 0 Å². The summed E-state index contributed by atoms with van der Waals surface area (Å²) in [5, 5.41) is 9.00. The van der Waals surface area contributed by atoms with Gasteiger partial charge in [0.2, 0.25) is 0 Å². The summed E-state index contributed by atoms with van der Waals surface area (Å²) in [4.78, 5) is 13.2. The first-order valence-corrected chi connectivity index (χ1v) is 21.8. The van der Waals surface area contributed by atoms with Gasteiger partial charge in [0.1, 0.15) is 23.6 Å². The third-order valence-corrected chi connectivity index (χ3v) is 12.3. The average molecular weight is 833 g/mol. The maximum atomic E-state index is 13.7. The number of hydrogen-bond donors (Lipinski definition) is 0. The number of aryl methyl sites for hydroxylation is 2. The summed E-state index contributed by atoms with van der Waals surface area (Å²) in [6.07, 6.45) is 0.870. The Labute approximate surface area is 352 Å². The number of carbonyl (C=O) groups is 1. The van der Waals surface area contributed by atoms with Crippen LogP contribution in [-0.4, -0.2) is 60.1 Å². The van der Waals surface area contributed by atoms with Crippen LogP contribution in [0.2, 0.25) is 0 Å². The van der Waals surface area contributed by atoms with Crippen LogP contribution in [-0.2, 0) is 55.6 Å². The van der Waals surface area contributed by atoms with Gasteiger partial charge in [-0.1, -0.05) is 90.1 Å². The molecule has 0 bridgehead atoms. The Morgan fingerprint density at radius 2 is 1.57 bits per heavy atom. The summed E-state index contributed by atoms with van der Waals surface area (Å²) in [5.41, 5.74) is 8.81. The third kappa shape index (κ3) is 10.2. The average Bonchev–Trinajstić information content (AvgIpc) is 3.67. The van der Waals surface area contributed by atoms with Crippen LogP contribution in [0.3, 0.4) is 0 Å². The van der Waals surface area contributed by atoms with Crippen molar-refractivity contribution in [1.82, 2.24) is 19.3 Å². The van der Waals surface area contributed by atoms with Crippen molar-refractivity contribution in [3.05, 3.63) is 154 Å². The van der Waals surface area contributed by atoms with Gasteiger partial charge in [-0.2, -0.15) is 12.7 Å². The summed E-state index contributed by atoms with van der Waals surface area (Å²) < 4.78 is 59.3. The first-order valence-electron chi connectivity index (χ1n) is 20.4. The number of esters is 1. The minimum absolute atomic E-state index is 0.0817. The topological polar surface area (TPSA) is 131 Å². The highest BCUT2D eigenvalue weighted by Gasteiger charge is 2.37. The summed E-state index contributed by atoms with van der Waals surface area (Å²) in [6, 6.07) is 34.5. The van der Waals surface area contributed by atoms with E-state index in [1.54, 1.807) is 19.1 Å². The molecule has 60 heavy (non-hydrogen) atoms. The van der Waals surface area contributed by atoms with Crippen LogP contribution < -0.4 is 8.92 Å². The fourth-order valence-corrected chi connectivity index (χ4v) is 8.89. The van der Waals surface area contributed by atoms with Crippen LogP contribution in [0.25, 0.3) is 11.0 Å². The van der Waals surface area contributed by atoms with E-state index in [0.717, 1.165) is 56.4 Å². The van der Waals surface area contributed by atoms with Crippen LogP contribution in [0.1, 0.15) is 83.2 Å². The Morgan fingerprint density at radius 1 is 0.833 bits per heavy atom. The third-order valence-electron chi connectivity index (χ3n) is 10.8. The van der Waals surface area contributed by atoms with Crippen molar-refractivity contribution in [3.63, 3.8) is 0 Å². The number of benzene rings is 5. The monoisotopic (exact) mass is 832 g/mol. The number of fused-ring (bicyclic) bond motifs is 2. The molecule has 6 aromatic rings. The molecule has 13 heteroatoms. The van der Waals surface area contributed by atoms with Crippen molar-refractivity contribution in [1.29, 1.82) is 0 Å². The van der Waals surface area contributed by atoms with E-state index in [1.807, 2.05) is 123 Å². The van der Waals surface area contributed by atoms with Crippen molar-refractivity contribution in [2.75, 3.05) is 26.4 Å². The molecule has 1 aliphatic heterocycles. The highest BCUT2D eigenvalue weighted by Crippen LogP contribution is 2.40. The van der Waals surface area contributed by atoms with Gasteiger partial charge in [-0.25, -0.2) is 4.68 Å². The van der Waals surface area contributed by atoms with Crippen LogP contribution >= 0.6 is 0 Å². The highest BCUT2D eigenvalue weighted by atomic mass is 32.2. The molecule has 0 amide bonds. The molecule has 0 radical (unpaired) electrons. The van der Waals surface area contributed by atoms with Gasteiger partial charge in [0.15, 0.2) is 0 Å². The Bertz CT molecular complexity index is 2490. The van der Waals surface area contributed by atoms with Crippen molar-refractivity contribution < 1.29 is 36.3 Å². The van der Waals surface area contributed by atoms with E-state index in [0.29, 0.717) is 50.9 Å². The number of aromatic nitrogens is 3. The molecule has 0 fully saturated rings. The SMILES string of the molecule is CCOC(=O)CC(c1ccc(C)c([C@@H](C)N2Cc3cc(OCc4ccccc4)ccc3OS2(=O)=O)c1)c1ccc2c(nnn2CCOCCCOCc2ccccc2)c1C. The van der Waals surface area contributed by atoms with E-state index in [1.165, 1.54) is 4.31 Å². The smallest absolute Gasteiger partial charge is 0.386 e. The van der Waals surface area contributed by atoms with Gasteiger partial charge in [-0.05, 0) is 97.3 Å². The molecular weight excluding hydrogens is 781 g/mol. The van der Waals surface area contributed by atoms with E-state index in [4.69, 9.17) is 23.1 Å². The maximum Gasteiger partial charge on any atom is 0.386 e. The van der Waals surface area contributed by atoms with E-state index >= 15 is 0 Å². The molecule has 1 unspecified atom stereocenters. The Kier molecular flexibility index (Phi) is 13.9. The first kappa shape index (κ1) is 42.5. The molecule has 0 aliphatic carbocycles.